The Morgan fingerprint density at radius 2 is 2.00 bits per heavy atom. The summed E-state index contributed by atoms with van der Waals surface area (Å²) in [5.41, 5.74) is 2.19. The van der Waals surface area contributed by atoms with Crippen LogP contribution in [0.3, 0.4) is 0 Å². The first-order valence-corrected chi connectivity index (χ1v) is 7.12. The molecule has 0 amide bonds. The third-order valence-electron chi connectivity index (χ3n) is 2.25. The Balaban J connectivity index is 4.07. The van der Waals surface area contributed by atoms with E-state index in [4.69, 9.17) is 0 Å². The lowest BCUT2D eigenvalue weighted by atomic mass is 10.6. The lowest BCUT2D eigenvalue weighted by Crippen LogP contribution is -2.48. The third-order valence-corrected chi connectivity index (χ3v) is 6.74. The van der Waals surface area contributed by atoms with E-state index in [9.17, 15) is 0 Å². The van der Waals surface area contributed by atoms with Crippen LogP contribution in [0.15, 0.2) is 12.3 Å². The first-order chi connectivity index (χ1) is 5.24. The highest BCUT2D eigenvalue weighted by molar-refractivity contribution is 6.82. The Kier molecular flexibility index (Phi) is 5.51. The molecule has 0 saturated carbocycles. The van der Waals surface area contributed by atoms with E-state index in [0.717, 1.165) is 6.54 Å². The fraction of sp³-hybridized carbons (Fsp3) is 0.778. The molecule has 0 radical (unpaired) electrons. The third kappa shape index (κ3) is 3.21. The summed E-state index contributed by atoms with van der Waals surface area (Å²) in [7, 11) is -1.23. The van der Waals surface area contributed by atoms with Crippen LogP contribution >= 0.6 is 0 Å². The predicted octanol–water partition coefficient (Wildman–Crippen LogP) is 2.70. The Labute approximate surface area is 72.0 Å². The van der Waals surface area contributed by atoms with E-state index in [-0.39, 0.29) is 0 Å². The summed E-state index contributed by atoms with van der Waals surface area (Å²) in [6.07, 6.45) is 1.28. The highest BCUT2D eigenvalue weighted by atomic mass is 28.3. The molecule has 0 aromatic heterocycles. The van der Waals surface area contributed by atoms with E-state index in [1.165, 1.54) is 18.5 Å². The van der Waals surface area contributed by atoms with Gasteiger partial charge >= 0.3 is 0 Å². The van der Waals surface area contributed by atoms with Gasteiger partial charge in [-0.15, -0.1) is 6.58 Å². The molecule has 0 aromatic carbocycles. The van der Waals surface area contributed by atoms with E-state index < -0.39 is 8.24 Å². The van der Waals surface area contributed by atoms with Crippen LogP contribution in [-0.4, -0.2) is 14.8 Å². The topological polar surface area (TPSA) is 12.0 Å². The van der Waals surface area contributed by atoms with Crippen molar-refractivity contribution < 1.29 is 0 Å². The van der Waals surface area contributed by atoms with Crippen molar-refractivity contribution in [2.45, 2.75) is 39.3 Å². The van der Waals surface area contributed by atoms with Gasteiger partial charge in [0.2, 0.25) is 0 Å². The zero-order valence-corrected chi connectivity index (χ0v) is 9.11. The molecule has 0 fully saturated rings. The molecule has 1 unspecified atom stereocenters. The lowest BCUT2D eigenvalue weighted by Gasteiger charge is -2.26. The van der Waals surface area contributed by atoms with Crippen molar-refractivity contribution in [1.29, 1.82) is 0 Å². The molecule has 1 N–H and O–H groups in total. The lowest BCUT2D eigenvalue weighted by molar-refractivity contribution is 0.908. The molecule has 0 aliphatic carbocycles. The van der Waals surface area contributed by atoms with Crippen molar-refractivity contribution in [3.63, 3.8) is 0 Å². The van der Waals surface area contributed by atoms with E-state index in [1.807, 2.05) is 0 Å². The second-order valence-electron chi connectivity index (χ2n) is 2.99. The fourth-order valence-electron chi connectivity index (χ4n) is 1.51. The van der Waals surface area contributed by atoms with E-state index in [2.05, 4.69) is 38.0 Å². The van der Waals surface area contributed by atoms with Gasteiger partial charge in [0.25, 0.3) is 0 Å². The molecular formula is C9H21NSi. The zero-order valence-electron chi connectivity index (χ0n) is 8.11. The van der Waals surface area contributed by atoms with Crippen molar-refractivity contribution in [3.8, 4) is 0 Å². The maximum Gasteiger partial charge on any atom is 0.149 e. The SMILES string of the molecule is C=C[Si](CC)(CCC)NCC. The Morgan fingerprint density at radius 3 is 2.27 bits per heavy atom. The maximum atomic E-state index is 3.94. The second kappa shape index (κ2) is 5.55. The number of hydrogen-bond acceptors (Lipinski definition) is 1. The van der Waals surface area contributed by atoms with Gasteiger partial charge < -0.3 is 4.98 Å². The number of nitrogens with one attached hydrogen (secondary N) is 1. The minimum Gasteiger partial charge on any atom is -0.334 e. The molecule has 0 spiro atoms. The smallest absolute Gasteiger partial charge is 0.149 e. The number of hydrogen-bond donors (Lipinski definition) is 1. The van der Waals surface area contributed by atoms with Gasteiger partial charge in [-0.3, -0.25) is 0 Å². The first-order valence-electron chi connectivity index (χ1n) is 4.63. The summed E-state index contributed by atoms with van der Waals surface area (Å²) in [5, 5.41) is 0. The molecule has 0 aliphatic heterocycles. The van der Waals surface area contributed by atoms with Gasteiger partial charge in [-0.2, -0.15) is 0 Å². The molecule has 0 heterocycles. The molecule has 0 bridgehead atoms. The summed E-state index contributed by atoms with van der Waals surface area (Å²) in [6, 6.07) is 2.61. The maximum absolute atomic E-state index is 3.94. The molecule has 66 valence electrons. The van der Waals surface area contributed by atoms with Crippen molar-refractivity contribution in [1.82, 2.24) is 4.98 Å². The van der Waals surface area contributed by atoms with Gasteiger partial charge in [-0.1, -0.05) is 32.9 Å². The van der Waals surface area contributed by atoms with Crippen LogP contribution in [0.5, 0.6) is 0 Å². The zero-order chi connectivity index (χ0) is 8.74. The van der Waals surface area contributed by atoms with E-state index >= 15 is 0 Å². The highest BCUT2D eigenvalue weighted by Crippen LogP contribution is 2.14. The largest absolute Gasteiger partial charge is 0.334 e. The summed E-state index contributed by atoms with van der Waals surface area (Å²) in [5.74, 6) is 0. The summed E-state index contributed by atoms with van der Waals surface area (Å²) in [6.45, 7) is 11.7. The van der Waals surface area contributed by atoms with Crippen molar-refractivity contribution in [2.75, 3.05) is 6.54 Å². The van der Waals surface area contributed by atoms with Gasteiger partial charge in [0, 0.05) is 0 Å². The molecule has 1 nitrogen and oxygen atoms in total. The van der Waals surface area contributed by atoms with Gasteiger partial charge in [0.15, 0.2) is 0 Å². The molecule has 0 rings (SSSR count). The van der Waals surface area contributed by atoms with Crippen molar-refractivity contribution >= 4 is 8.24 Å². The average Bonchev–Trinajstić information content (AvgIpc) is 2.04. The molecule has 0 saturated heterocycles. The highest BCUT2D eigenvalue weighted by Gasteiger charge is 2.24. The van der Waals surface area contributed by atoms with Crippen LogP contribution in [0.2, 0.25) is 12.1 Å². The fourth-order valence-corrected chi connectivity index (χ4v) is 4.52. The summed E-state index contributed by atoms with van der Waals surface area (Å²) in [4.78, 5) is 3.62. The summed E-state index contributed by atoms with van der Waals surface area (Å²) >= 11 is 0. The van der Waals surface area contributed by atoms with Gasteiger partial charge in [-0.05, 0) is 18.6 Å². The van der Waals surface area contributed by atoms with Crippen LogP contribution in [0, 0.1) is 0 Å². The van der Waals surface area contributed by atoms with Crippen LogP contribution < -0.4 is 4.98 Å². The monoisotopic (exact) mass is 171 g/mol. The predicted molar refractivity (Wildman–Crippen MR) is 55.2 cm³/mol. The van der Waals surface area contributed by atoms with Gasteiger partial charge in [-0.25, -0.2) is 0 Å². The molecule has 0 aromatic rings. The molecule has 2 heteroatoms. The van der Waals surface area contributed by atoms with Crippen LogP contribution in [0.4, 0.5) is 0 Å². The van der Waals surface area contributed by atoms with Crippen LogP contribution in [-0.2, 0) is 0 Å². The Hall–Kier alpha value is -0.0831. The quantitative estimate of drug-likeness (QED) is 0.606. The Bertz CT molecular complexity index is 106. The van der Waals surface area contributed by atoms with Crippen LogP contribution in [0.1, 0.15) is 27.2 Å². The van der Waals surface area contributed by atoms with Crippen LogP contribution in [0.25, 0.3) is 0 Å². The standard InChI is InChI=1S/C9H21NSi/c1-5-9-11(7-3,8-4)10-6-2/h7,10H,3,5-6,8-9H2,1-2,4H3. The normalized spacial score (nSPS) is 15.9. The molecule has 11 heavy (non-hydrogen) atoms. The number of rotatable bonds is 6. The molecule has 0 aliphatic rings. The van der Waals surface area contributed by atoms with E-state index in [0.29, 0.717) is 0 Å². The van der Waals surface area contributed by atoms with E-state index in [1.54, 1.807) is 0 Å². The van der Waals surface area contributed by atoms with Gasteiger partial charge in [0.05, 0.1) is 0 Å². The average molecular weight is 171 g/mol. The first kappa shape index (κ1) is 10.9. The molecule has 1 atom stereocenters. The second-order valence-corrected chi connectivity index (χ2v) is 7.28. The Morgan fingerprint density at radius 1 is 1.36 bits per heavy atom. The minimum absolute atomic E-state index is 1.09. The van der Waals surface area contributed by atoms with Crippen molar-refractivity contribution in [2.24, 2.45) is 0 Å². The summed E-state index contributed by atoms with van der Waals surface area (Å²) < 4.78 is 0. The van der Waals surface area contributed by atoms with Gasteiger partial charge in [0.1, 0.15) is 8.24 Å². The molecular weight excluding hydrogens is 150 g/mol. The van der Waals surface area contributed by atoms with Crippen molar-refractivity contribution in [3.05, 3.63) is 12.3 Å². The minimum atomic E-state index is -1.23.